The van der Waals surface area contributed by atoms with E-state index in [4.69, 9.17) is 9.47 Å². The highest BCUT2D eigenvalue weighted by molar-refractivity contribution is 5.99. The van der Waals surface area contributed by atoms with Crippen molar-refractivity contribution < 1.29 is 23.5 Å². The summed E-state index contributed by atoms with van der Waals surface area (Å²) >= 11 is 0. The molecule has 0 aromatic heterocycles. The quantitative estimate of drug-likeness (QED) is 0.824. The first kappa shape index (κ1) is 17.3. The SMILES string of the molecule is CCOc1ccc(C(=O)NNC(=O)c2ccccc2F)cc1OC. The molecule has 2 rings (SSSR count). The molecule has 0 aliphatic carbocycles. The van der Waals surface area contributed by atoms with Crippen LogP contribution in [0.15, 0.2) is 42.5 Å². The molecule has 0 atom stereocenters. The third-order valence-corrected chi connectivity index (χ3v) is 3.13. The van der Waals surface area contributed by atoms with Gasteiger partial charge in [0.2, 0.25) is 0 Å². The molecule has 0 bridgehead atoms. The van der Waals surface area contributed by atoms with Crippen molar-refractivity contribution in [3.8, 4) is 11.5 Å². The van der Waals surface area contributed by atoms with E-state index >= 15 is 0 Å². The Morgan fingerprint density at radius 2 is 1.75 bits per heavy atom. The number of nitrogens with one attached hydrogen (secondary N) is 2. The number of carbonyl (C=O) groups excluding carboxylic acids is 2. The topological polar surface area (TPSA) is 76.7 Å². The van der Waals surface area contributed by atoms with Crippen LogP contribution < -0.4 is 20.3 Å². The van der Waals surface area contributed by atoms with Gasteiger partial charge in [-0.1, -0.05) is 12.1 Å². The fourth-order valence-corrected chi connectivity index (χ4v) is 1.98. The van der Waals surface area contributed by atoms with Crippen LogP contribution in [0.1, 0.15) is 27.6 Å². The number of ether oxygens (including phenoxy) is 2. The number of hydrogen-bond donors (Lipinski definition) is 2. The lowest BCUT2D eigenvalue weighted by molar-refractivity contribution is 0.0844. The molecule has 2 amide bonds. The average molecular weight is 332 g/mol. The monoisotopic (exact) mass is 332 g/mol. The number of amides is 2. The summed E-state index contributed by atoms with van der Waals surface area (Å²) in [6.45, 7) is 2.29. The first-order valence-corrected chi connectivity index (χ1v) is 7.22. The summed E-state index contributed by atoms with van der Waals surface area (Å²) < 4.78 is 24.0. The second-order valence-electron chi connectivity index (χ2n) is 4.69. The second kappa shape index (κ2) is 7.96. The van der Waals surface area contributed by atoms with Crippen molar-refractivity contribution in [2.24, 2.45) is 0 Å². The lowest BCUT2D eigenvalue weighted by Crippen LogP contribution is -2.41. The van der Waals surface area contributed by atoms with Crippen LogP contribution in [-0.2, 0) is 0 Å². The van der Waals surface area contributed by atoms with E-state index in [9.17, 15) is 14.0 Å². The van der Waals surface area contributed by atoms with Crippen molar-refractivity contribution in [2.45, 2.75) is 6.92 Å². The summed E-state index contributed by atoms with van der Waals surface area (Å²) in [5, 5.41) is 0. The van der Waals surface area contributed by atoms with E-state index in [1.807, 2.05) is 6.92 Å². The molecule has 2 aromatic carbocycles. The molecule has 126 valence electrons. The Bertz CT molecular complexity index is 749. The minimum Gasteiger partial charge on any atom is -0.493 e. The van der Waals surface area contributed by atoms with Crippen molar-refractivity contribution in [3.05, 3.63) is 59.4 Å². The minimum absolute atomic E-state index is 0.165. The van der Waals surface area contributed by atoms with Gasteiger partial charge < -0.3 is 9.47 Å². The molecule has 2 N–H and O–H groups in total. The lowest BCUT2D eigenvalue weighted by atomic mass is 10.2. The molecule has 7 heteroatoms. The molecule has 6 nitrogen and oxygen atoms in total. The molecule has 0 aliphatic heterocycles. The number of rotatable bonds is 5. The van der Waals surface area contributed by atoms with Crippen molar-refractivity contribution in [3.63, 3.8) is 0 Å². The van der Waals surface area contributed by atoms with Crippen LogP contribution in [-0.4, -0.2) is 25.5 Å². The number of halogens is 1. The van der Waals surface area contributed by atoms with Gasteiger partial charge in [0.1, 0.15) is 5.82 Å². The summed E-state index contributed by atoms with van der Waals surface area (Å²) in [6, 6.07) is 10.1. The Kier molecular flexibility index (Phi) is 5.73. The van der Waals surface area contributed by atoms with Gasteiger partial charge in [-0.25, -0.2) is 4.39 Å². The van der Waals surface area contributed by atoms with Gasteiger partial charge in [-0.05, 0) is 37.3 Å². The van der Waals surface area contributed by atoms with Crippen LogP contribution in [0.4, 0.5) is 4.39 Å². The van der Waals surface area contributed by atoms with Gasteiger partial charge in [0.15, 0.2) is 11.5 Å². The number of hydrazine groups is 1. The first-order valence-electron chi connectivity index (χ1n) is 7.22. The highest BCUT2D eigenvalue weighted by atomic mass is 19.1. The largest absolute Gasteiger partial charge is 0.493 e. The van der Waals surface area contributed by atoms with Crippen LogP contribution in [0.3, 0.4) is 0 Å². The van der Waals surface area contributed by atoms with E-state index in [-0.39, 0.29) is 11.1 Å². The predicted octanol–water partition coefficient (Wildman–Crippen LogP) is 2.31. The van der Waals surface area contributed by atoms with Crippen molar-refractivity contribution in [1.29, 1.82) is 0 Å². The summed E-state index contributed by atoms with van der Waals surface area (Å²) in [5.74, 6) is -1.09. The fraction of sp³-hybridized carbons (Fsp3) is 0.176. The van der Waals surface area contributed by atoms with Gasteiger partial charge in [0, 0.05) is 5.56 Å². The van der Waals surface area contributed by atoms with E-state index in [0.717, 1.165) is 6.07 Å². The molecular weight excluding hydrogens is 315 g/mol. The van der Waals surface area contributed by atoms with Crippen LogP contribution in [0.25, 0.3) is 0 Å². The zero-order valence-corrected chi connectivity index (χ0v) is 13.3. The molecule has 0 saturated heterocycles. The molecular formula is C17H17FN2O4. The molecule has 0 aliphatic rings. The van der Waals surface area contributed by atoms with Crippen molar-refractivity contribution in [1.82, 2.24) is 10.9 Å². The molecule has 0 unspecified atom stereocenters. The van der Waals surface area contributed by atoms with E-state index < -0.39 is 17.6 Å². The zero-order valence-electron chi connectivity index (χ0n) is 13.3. The molecule has 24 heavy (non-hydrogen) atoms. The number of benzene rings is 2. The summed E-state index contributed by atoms with van der Waals surface area (Å²) in [7, 11) is 1.46. The highest BCUT2D eigenvalue weighted by Crippen LogP contribution is 2.27. The van der Waals surface area contributed by atoms with Crippen LogP contribution in [0.5, 0.6) is 11.5 Å². The summed E-state index contributed by atoms with van der Waals surface area (Å²) in [5.41, 5.74) is 4.48. The smallest absolute Gasteiger partial charge is 0.272 e. The minimum atomic E-state index is -0.751. The molecule has 0 spiro atoms. The highest BCUT2D eigenvalue weighted by Gasteiger charge is 2.14. The number of hydrogen-bond acceptors (Lipinski definition) is 4. The molecule has 0 radical (unpaired) electrons. The van der Waals surface area contributed by atoms with Gasteiger partial charge in [0.25, 0.3) is 11.8 Å². The van der Waals surface area contributed by atoms with Crippen LogP contribution in [0.2, 0.25) is 0 Å². The molecule has 0 heterocycles. The van der Waals surface area contributed by atoms with Gasteiger partial charge in [-0.15, -0.1) is 0 Å². The van der Waals surface area contributed by atoms with Crippen molar-refractivity contribution >= 4 is 11.8 Å². The standard InChI is InChI=1S/C17H17FN2O4/c1-3-24-14-9-8-11(10-15(14)23-2)16(21)19-20-17(22)12-6-4-5-7-13(12)18/h4-10H,3H2,1-2H3,(H,19,21)(H,20,22). The molecule has 0 saturated carbocycles. The Labute approximate surface area is 138 Å². The van der Waals surface area contributed by atoms with E-state index in [2.05, 4.69) is 10.9 Å². The Hall–Kier alpha value is -3.09. The number of methoxy groups -OCH3 is 1. The maximum absolute atomic E-state index is 13.5. The van der Waals surface area contributed by atoms with Crippen LogP contribution in [0, 0.1) is 5.82 Å². The summed E-state index contributed by atoms with van der Waals surface area (Å²) in [4.78, 5) is 23.9. The third kappa shape index (κ3) is 4.01. The second-order valence-corrected chi connectivity index (χ2v) is 4.69. The zero-order chi connectivity index (χ0) is 17.5. The number of carbonyl (C=O) groups is 2. The van der Waals surface area contributed by atoms with E-state index in [0.29, 0.717) is 18.1 Å². The maximum atomic E-state index is 13.5. The fourth-order valence-electron chi connectivity index (χ4n) is 1.98. The van der Waals surface area contributed by atoms with E-state index in [1.165, 1.54) is 37.4 Å². The molecule has 2 aromatic rings. The maximum Gasteiger partial charge on any atom is 0.272 e. The Morgan fingerprint density at radius 3 is 2.42 bits per heavy atom. The Morgan fingerprint density at radius 1 is 1.04 bits per heavy atom. The molecule has 0 fully saturated rings. The predicted molar refractivity (Wildman–Crippen MR) is 85.5 cm³/mol. The lowest BCUT2D eigenvalue weighted by Gasteiger charge is -2.11. The van der Waals surface area contributed by atoms with Crippen molar-refractivity contribution in [2.75, 3.05) is 13.7 Å². The van der Waals surface area contributed by atoms with Gasteiger partial charge >= 0.3 is 0 Å². The average Bonchev–Trinajstić information content (AvgIpc) is 2.60. The van der Waals surface area contributed by atoms with Gasteiger partial charge in [-0.3, -0.25) is 20.4 Å². The van der Waals surface area contributed by atoms with E-state index in [1.54, 1.807) is 6.07 Å². The first-order chi connectivity index (χ1) is 11.6. The van der Waals surface area contributed by atoms with Gasteiger partial charge in [-0.2, -0.15) is 0 Å². The summed E-state index contributed by atoms with van der Waals surface area (Å²) in [6.07, 6.45) is 0. The normalized spacial score (nSPS) is 9.96. The Balaban J connectivity index is 2.05. The van der Waals surface area contributed by atoms with Gasteiger partial charge in [0.05, 0.1) is 19.3 Å². The third-order valence-electron chi connectivity index (χ3n) is 3.13. The van der Waals surface area contributed by atoms with Crippen LogP contribution >= 0.6 is 0 Å².